The zero-order chi connectivity index (χ0) is 9.97. The maximum absolute atomic E-state index is 3.56. The third-order valence-electron chi connectivity index (χ3n) is 2.76. The van der Waals surface area contributed by atoms with E-state index in [1.54, 1.807) is 0 Å². The average molecular weight is 190 g/mol. The molecule has 1 aliphatic heterocycles. The lowest BCUT2D eigenvalue weighted by Gasteiger charge is -2.29. The highest BCUT2D eigenvalue weighted by Gasteiger charge is 2.18. The van der Waals surface area contributed by atoms with E-state index < -0.39 is 0 Å². The zero-order valence-electron chi connectivity index (χ0n) is 8.96. The summed E-state index contributed by atoms with van der Waals surface area (Å²) in [5.41, 5.74) is 2.99. The Labute approximate surface area is 85.9 Å². The quantitative estimate of drug-likeness (QED) is 0.759. The Kier molecular flexibility index (Phi) is 2.85. The first-order chi connectivity index (χ1) is 6.77. The molecular formula is C12H18N2. The summed E-state index contributed by atoms with van der Waals surface area (Å²) < 4.78 is 0. The molecule has 0 fully saturated rings. The lowest BCUT2D eigenvalue weighted by atomic mass is 9.94. The molecular weight excluding hydrogens is 172 g/mol. The minimum atomic E-state index is 0.509. The van der Waals surface area contributed by atoms with Gasteiger partial charge in [0.1, 0.15) is 0 Å². The van der Waals surface area contributed by atoms with Gasteiger partial charge >= 0.3 is 0 Å². The number of nitrogens with zero attached hydrogens (tertiary/aromatic N) is 1. The van der Waals surface area contributed by atoms with E-state index in [0.717, 1.165) is 13.1 Å². The number of benzene rings is 1. The highest BCUT2D eigenvalue weighted by atomic mass is 15.1. The molecule has 0 amide bonds. The molecule has 0 aliphatic carbocycles. The van der Waals surface area contributed by atoms with Crippen LogP contribution >= 0.6 is 0 Å². The smallest absolute Gasteiger partial charge is 0.0451 e. The van der Waals surface area contributed by atoms with Crippen LogP contribution in [-0.4, -0.2) is 32.1 Å². The number of hydrogen-bond acceptors (Lipinski definition) is 2. The van der Waals surface area contributed by atoms with Crippen molar-refractivity contribution in [1.82, 2.24) is 10.2 Å². The van der Waals surface area contributed by atoms with Gasteiger partial charge in [0.2, 0.25) is 0 Å². The second-order valence-corrected chi connectivity index (χ2v) is 4.22. The molecule has 1 N–H and O–H groups in total. The predicted octanol–water partition coefficient (Wildman–Crippen LogP) is 1.43. The van der Waals surface area contributed by atoms with Gasteiger partial charge in [-0.3, -0.25) is 0 Å². The van der Waals surface area contributed by atoms with Crippen molar-refractivity contribution >= 4 is 0 Å². The van der Waals surface area contributed by atoms with E-state index in [0.29, 0.717) is 6.04 Å². The van der Waals surface area contributed by atoms with Crippen molar-refractivity contribution in [2.24, 2.45) is 0 Å². The van der Waals surface area contributed by atoms with Crippen LogP contribution in [0.4, 0.5) is 0 Å². The Morgan fingerprint density at radius 1 is 1.36 bits per heavy atom. The normalized spacial score (nSPS) is 20.9. The van der Waals surface area contributed by atoms with Crippen LogP contribution in [0, 0.1) is 0 Å². The van der Waals surface area contributed by atoms with Crippen LogP contribution in [0.1, 0.15) is 17.2 Å². The minimum Gasteiger partial charge on any atom is -0.309 e. The van der Waals surface area contributed by atoms with Crippen LogP contribution in [0.5, 0.6) is 0 Å². The van der Waals surface area contributed by atoms with Crippen molar-refractivity contribution in [3.05, 3.63) is 35.4 Å². The van der Waals surface area contributed by atoms with Crippen molar-refractivity contribution in [3.63, 3.8) is 0 Å². The van der Waals surface area contributed by atoms with Gasteiger partial charge in [0.15, 0.2) is 0 Å². The third kappa shape index (κ3) is 1.97. The van der Waals surface area contributed by atoms with E-state index in [2.05, 4.69) is 48.6 Å². The largest absolute Gasteiger partial charge is 0.309 e. The fraction of sp³-hybridized carbons (Fsp3) is 0.500. The van der Waals surface area contributed by atoms with Crippen LogP contribution in [-0.2, 0) is 6.42 Å². The average Bonchev–Trinajstić information content (AvgIpc) is 2.18. The van der Waals surface area contributed by atoms with Crippen molar-refractivity contribution in [3.8, 4) is 0 Å². The van der Waals surface area contributed by atoms with Gasteiger partial charge in [0.25, 0.3) is 0 Å². The maximum Gasteiger partial charge on any atom is 0.0451 e. The Balaban J connectivity index is 2.22. The summed E-state index contributed by atoms with van der Waals surface area (Å²) in [5.74, 6) is 0. The Bertz CT molecular complexity index is 307. The standard InChI is InChI=1S/C12H18N2/c1-14(2)9-12-11-6-4-3-5-10(11)7-8-13-12/h3-6,12-13H,7-9H2,1-2H3/t12-/m0/s1. The molecule has 1 aromatic rings. The minimum absolute atomic E-state index is 0.509. The molecule has 0 saturated heterocycles. The van der Waals surface area contributed by atoms with E-state index in [1.807, 2.05) is 0 Å². The number of likely N-dealkylation sites (N-methyl/N-ethyl adjacent to an activating group) is 1. The number of hydrogen-bond donors (Lipinski definition) is 1. The van der Waals surface area contributed by atoms with Gasteiger partial charge in [-0.15, -0.1) is 0 Å². The first-order valence-corrected chi connectivity index (χ1v) is 5.23. The van der Waals surface area contributed by atoms with Crippen LogP contribution in [0.25, 0.3) is 0 Å². The second kappa shape index (κ2) is 4.11. The summed E-state index contributed by atoms with van der Waals surface area (Å²) >= 11 is 0. The zero-order valence-corrected chi connectivity index (χ0v) is 8.96. The Hall–Kier alpha value is -0.860. The molecule has 1 aliphatic rings. The monoisotopic (exact) mass is 190 g/mol. The lowest BCUT2D eigenvalue weighted by Crippen LogP contribution is -2.36. The van der Waals surface area contributed by atoms with Crippen LogP contribution in [0.3, 0.4) is 0 Å². The lowest BCUT2D eigenvalue weighted by molar-refractivity contribution is 0.334. The summed E-state index contributed by atoms with van der Waals surface area (Å²) in [6.07, 6.45) is 1.17. The molecule has 14 heavy (non-hydrogen) atoms. The van der Waals surface area contributed by atoms with Crippen LogP contribution in [0.15, 0.2) is 24.3 Å². The second-order valence-electron chi connectivity index (χ2n) is 4.22. The molecule has 1 aromatic carbocycles. The fourth-order valence-corrected chi connectivity index (χ4v) is 2.12. The highest BCUT2D eigenvalue weighted by Crippen LogP contribution is 2.22. The number of nitrogens with one attached hydrogen (secondary N) is 1. The van der Waals surface area contributed by atoms with Gasteiger partial charge in [0, 0.05) is 12.6 Å². The van der Waals surface area contributed by atoms with Gasteiger partial charge in [-0.05, 0) is 38.2 Å². The van der Waals surface area contributed by atoms with E-state index in [-0.39, 0.29) is 0 Å². The van der Waals surface area contributed by atoms with Crippen molar-refractivity contribution < 1.29 is 0 Å². The molecule has 0 bridgehead atoms. The van der Waals surface area contributed by atoms with Crippen molar-refractivity contribution in [1.29, 1.82) is 0 Å². The molecule has 0 aromatic heterocycles. The van der Waals surface area contributed by atoms with Crippen molar-refractivity contribution in [2.45, 2.75) is 12.5 Å². The molecule has 2 heteroatoms. The molecule has 0 unspecified atom stereocenters. The third-order valence-corrected chi connectivity index (χ3v) is 2.76. The Morgan fingerprint density at radius 3 is 2.93 bits per heavy atom. The van der Waals surface area contributed by atoms with E-state index in [9.17, 15) is 0 Å². The topological polar surface area (TPSA) is 15.3 Å². The highest BCUT2D eigenvalue weighted by molar-refractivity contribution is 5.32. The van der Waals surface area contributed by atoms with E-state index in [1.165, 1.54) is 17.5 Å². The number of rotatable bonds is 2. The van der Waals surface area contributed by atoms with Gasteiger partial charge in [-0.25, -0.2) is 0 Å². The Morgan fingerprint density at radius 2 is 2.14 bits per heavy atom. The molecule has 2 nitrogen and oxygen atoms in total. The maximum atomic E-state index is 3.56. The molecule has 0 spiro atoms. The SMILES string of the molecule is CN(C)C[C@@H]1NCCc2ccccc21. The molecule has 0 radical (unpaired) electrons. The van der Waals surface area contributed by atoms with Gasteiger partial charge in [-0.1, -0.05) is 24.3 Å². The van der Waals surface area contributed by atoms with Gasteiger partial charge in [-0.2, -0.15) is 0 Å². The van der Waals surface area contributed by atoms with E-state index in [4.69, 9.17) is 0 Å². The summed E-state index contributed by atoms with van der Waals surface area (Å²) in [6.45, 7) is 2.19. The molecule has 76 valence electrons. The molecule has 2 rings (SSSR count). The van der Waals surface area contributed by atoms with Crippen LogP contribution < -0.4 is 5.32 Å². The van der Waals surface area contributed by atoms with Crippen molar-refractivity contribution in [2.75, 3.05) is 27.2 Å². The molecule has 1 atom stereocenters. The summed E-state index contributed by atoms with van der Waals surface area (Å²) in [6, 6.07) is 9.27. The van der Waals surface area contributed by atoms with E-state index >= 15 is 0 Å². The fourth-order valence-electron chi connectivity index (χ4n) is 2.12. The number of fused-ring (bicyclic) bond motifs is 1. The van der Waals surface area contributed by atoms with Gasteiger partial charge in [0.05, 0.1) is 0 Å². The van der Waals surface area contributed by atoms with Crippen LogP contribution in [0.2, 0.25) is 0 Å². The predicted molar refractivity (Wildman–Crippen MR) is 59.4 cm³/mol. The molecule has 0 saturated carbocycles. The van der Waals surface area contributed by atoms with Gasteiger partial charge < -0.3 is 10.2 Å². The summed E-state index contributed by atoms with van der Waals surface area (Å²) in [4.78, 5) is 2.24. The first kappa shape index (κ1) is 9.69. The molecule has 1 heterocycles. The summed E-state index contributed by atoms with van der Waals surface area (Å²) in [5, 5.41) is 3.56. The first-order valence-electron chi connectivity index (χ1n) is 5.23. The summed E-state index contributed by atoms with van der Waals surface area (Å²) in [7, 11) is 4.25.